The normalized spacial score (nSPS) is 16.1. The fraction of sp³-hybridized carbons (Fsp3) is 0.533. The fourth-order valence-electron chi connectivity index (χ4n) is 2.51. The summed E-state index contributed by atoms with van der Waals surface area (Å²) < 4.78 is 5.44. The van der Waals surface area contributed by atoms with Gasteiger partial charge in [-0.05, 0) is 32.3 Å². The van der Waals surface area contributed by atoms with Crippen molar-refractivity contribution < 1.29 is 9.53 Å². The van der Waals surface area contributed by atoms with Gasteiger partial charge in [-0.1, -0.05) is 17.7 Å². The number of hydrogen-bond acceptors (Lipinski definition) is 3. The Labute approximate surface area is 114 Å². The quantitative estimate of drug-likeness (QED) is 0.899. The molecular weight excluding hydrogens is 240 g/mol. The van der Waals surface area contributed by atoms with Crippen LogP contribution in [-0.2, 0) is 11.3 Å². The van der Waals surface area contributed by atoms with Crippen molar-refractivity contribution in [2.45, 2.75) is 38.8 Å². The van der Waals surface area contributed by atoms with E-state index in [0.717, 1.165) is 29.7 Å². The van der Waals surface area contributed by atoms with E-state index in [1.807, 2.05) is 13.8 Å². The minimum atomic E-state index is -0.610. The van der Waals surface area contributed by atoms with Gasteiger partial charge in [0, 0.05) is 19.2 Å². The van der Waals surface area contributed by atoms with Gasteiger partial charge in [0.15, 0.2) is 0 Å². The van der Waals surface area contributed by atoms with Gasteiger partial charge in [0.25, 0.3) is 0 Å². The standard InChI is InChI=1S/C15H22N2O2/c1-10-7-11(2)13(19-4)12(8-10)9-17(3)14(18)15(16)5-6-15/h7-8H,5-6,9,16H2,1-4H3. The number of amides is 1. The van der Waals surface area contributed by atoms with Gasteiger partial charge >= 0.3 is 0 Å². The molecule has 4 heteroatoms. The molecule has 0 aliphatic heterocycles. The second-order valence-electron chi connectivity index (χ2n) is 5.59. The summed E-state index contributed by atoms with van der Waals surface area (Å²) in [6.07, 6.45) is 1.58. The number of aryl methyl sites for hydroxylation is 2. The minimum absolute atomic E-state index is 0.0220. The second kappa shape index (κ2) is 4.85. The molecule has 0 saturated heterocycles. The summed E-state index contributed by atoms with van der Waals surface area (Å²) in [7, 11) is 3.46. The van der Waals surface area contributed by atoms with E-state index in [9.17, 15) is 4.79 Å². The number of likely N-dealkylation sites (N-methyl/N-ethyl adjacent to an activating group) is 1. The Hall–Kier alpha value is -1.55. The maximum atomic E-state index is 12.2. The molecule has 1 aromatic carbocycles. The smallest absolute Gasteiger partial charge is 0.242 e. The first-order valence-corrected chi connectivity index (χ1v) is 6.56. The van der Waals surface area contributed by atoms with Crippen LogP contribution >= 0.6 is 0 Å². The van der Waals surface area contributed by atoms with Gasteiger partial charge in [-0.3, -0.25) is 4.79 Å². The molecule has 2 rings (SSSR count). The van der Waals surface area contributed by atoms with Crippen molar-refractivity contribution in [3.63, 3.8) is 0 Å². The fourth-order valence-corrected chi connectivity index (χ4v) is 2.51. The number of carbonyl (C=O) groups is 1. The molecule has 0 bridgehead atoms. The summed E-state index contributed by atoms with van der Waals surface area (Å²) in [4.78, 5) is 13.9. The third-order valence-corrected chi connectivity index (χ3v) is 3.67. The number of benzene rings is 1. The van der Waals surface area contributed by atoms with Crippen LogP contribution in [0, 0.1) is 13.8 Å². The summed E-state index contributed by atoms with van der Waals surface area (Å²) >= 11 is 0. The summed E-state index contributed by atoms with van der Waals surface area (Å²) in [5.74, 6) is 0.876. The predicted octanol–water partition coefficient (Wildman–Crippen LogP) is 1.76. The molecule has 1 aliphatic rings. The first-order valence-electron chi connectivity index (χ1n) is 6.56. The number of rotatable bonds is 4. The van der Waals surface area contributed by atoms with E-state index in [4.69, 9.17) is 10.5 Å². The number of ether oxygens (including phenoxy) is 1. The van der Waals surface area contributed by atoms with E-state index >= 15 is 0 Å². The zero-order valence-corrected chi connectivity index (χ0v) is 12.1. The van der Waals surface area contributed by atoms with Crippen LogP contribution in [0.2, 0.25) is 0 Å². The lowest BCUT2D eigenvalue weighted by Crippen LogP contribution is -2.43. The first kappa shape index (κ1) is 13.9. The largest absolute Gasteiger partial charge is 0.496 e. The van der Waals surface area contributed by atoms with Crippen LogP contribution in [-0.4, -0.2) is 30.5 Å². The average molecular weight is 262 g/mol. The third kappa shape index (κ3) is 2.73. The van der Waals surface area contributed by atoms with E-state index in [2.05, 4.69) is 12.1 Å². The van der Waals surface area contributed by atoms with Crippen molar-refractivity contribution in [2.75, 3.05) is 14.2 Å². The molecule has 1 fully saturated rings. The van der Waals surface area contributed by atoms with Crippen LogP contribution < -0.4 is 10.5 Å². The summed E-state index contributed by atoms with van der Waals surface area (Å²) in [6.45, 7) is 4.59. The molecule has 0 atom stereocenters. The zero-order chi connectivity index (χ0) is 14.2. The van der Waals surface area contributed by atoms with Crippen molar-refractivity contribution in [1.29, 1.82) is 0 Å². The van der Waals surface area contributed by atoms with E-state index < -0.39 is 5.54 Å². The van der Waals surface area contributed by atoms with Gasteiger partial charge < -0.3 is 15.4 Å². The number of hydrogen-bond donors (Lipinski definition) is 1. The molecule has 0 spiro atoms. The van der Waals surface area contributed by atoms with Crippen molar-refractivity contribution in [3.05, 3.63) is 28.8 Å². The molecule has 0 unspecified atom stereocenters. The van der Waals surface area contributed by atoms with Crippen LogP contribution in [0.5, 0.6) is 5.75 Å². The van der Waals surface area contributed by atoms with Crippen molar-refractivity contribution in [1.82, 2.24) is 4.90 Å². The molecule has 1 saturated carbocycles. The Kier molecular flexibility index (Phi) is 3.54. The van der Waals surface area contributed by atoms with E-state index in [-0.39, 0.29) is 5.91 Å². The maximum Gasteiger partial charge on any atom is 0.242 e. The minimum Gasteiger partial charge on any atom is -0.496 e. The Bertz CT molecular complexity index is 507. The molecule has 2 N–H and O–H groups in total. The van der Waals surface area contributed by atoms with E-state index in [1.165, 1.54) is 5.56 Å². The summed E-state index contributed by atoms with van der Waals surface area (Å²) in [6, 6.07) is 4.14. The molecule has 4 nitrogen and oxygen atoms in total. The highest BCUT2D eigenvalue weighted by Crippen LogP contribution is 2.35. The third-order valence-electron chi connectivity index (χ3n) is 3.67. The lowest BCUT2D eigenvalue weighted by Gasteiger charge is -2.23. The van der Waals surface area contributed by atoms with Gasteiger partial charge in [0.2, 0.25) is 5.91 Å². The van der Waals surface area contributed by atoms with Crippen LogP contribution in [0.25, 0.3) is 0 Å². The number of nitrogens with zero attached hydrogens (tertiary/aromatic N) is 1. The molecule has 0 heterocycles. The molecule has 1 amide bonds. The molecule has 1 aliphatic carbocycles. The van der Waals surface area contributed by atoms with E-state index in [0.29, 0.717) is 6.54 Å². The highest BCUT2D eigenvalue weighted by molar-refractivity contribution is 5.88. The van der Waals surface area contributed by atoms with Gasteiger partial charge in [0.1, 0.15) is 5.75 Å². The molecule has 0 radical (unpaired) electrons. The van der Waals surface area contributed by atoms with Gasteiger partial charge in [-0.25, -0.2) is 0 Å². The van der Waals surface area contributed by atoms with E-state index in [1.54, 1.807) is 19.1 Å². The monoisotopic (exact) mass is 262 g/mol. The average Bonchev–Trinajstić information content (AvgIpc) is 3.07. The molecular formula is C15H22N2O2. The van der Waals surface area contributed by atoms with Crippen LogP contribution in [0.4, 0.5) is 0 Å². The Morgan fingerprint density at radius 2 is 2.05 bits per heavy atom. The lowest BCUT2D eigenvalue weighted by molar-refractivity contribution is -0.132. The summed E-state index contributed by atoms with van der Waals surface area (Å²) in [5, 5.41) is 0. The molecule has 0 aromatic heterocycles. The molecule has 104 valence electrons. The Morgan fingerprint density at radius 1 is 1.42 bits per heavy atom. The highest BCUT2D eigenvalue weighted by Gasteiger charge is 2.47. The lowest BCUT2D eigenvalue weighted by atomic mass is 10.0. The predicted molar refractivity (Wildman–Crippen MR) is 75.1 cm³/mol. The van der Waals surface area contributed by atoms with Crippen molar-refractivity contribution in [3.8, 4) is 5.75 Å². The maximum absolute atomic E-state index is 12.2. The SMILES string of the molecule is COc1c(C)cc(C)cc1CN(C)C(=O)C1(N)CC1. The number of carbonyl (C=O) groups excluding carboxylic acids is 1. The van der Waals surface area contributed by atoms with Crippen LogP contribution in [0.15, 0.2) is 12.1 Å². The van der Waals surface area contributed by atoms with Crippen molar-refractivity contribution >= 4 is 5.91 Å². The Morgan fingerprint density at radius 3 is 2.58 bits per heavy atom. The van der Waals surface area contributed by atoms with Gasteiger partial charge in [-0.15, -0.1) is 0 Å². The van der Waals surface area contributed by atoms with Gasteiger partial charge in [-0.2, -0.15) is 0 Å². The first-order chi connectivity index (χ1) is 8.87. The zero-order valence-electron chi connectivity index (χ0n) is 12.1. The van der Waals surface area contributed by atoms with Crippen LogP contribution in [0.1, 0.15) is 29.5 Å². The summed E-state index contributed by atoms with van der Waals surface area (Å²) in [5.41, 5.74) is 8.63. The molecule has 19 heavy (non-hydrogen) atoms. The number of methoxy groups -OCH3 is 1. The number of nitrogens with two attached hydrogens (primary N) is 1. The second-order valence-corrected chi connectivity index (χ2v) is 5.59. The Balaban J connectivity index is 2.20. The van der Waals surface area contributed by atoms with Gasteiger partial charge in [0.05, 0.1) is 12.6 Å². The molecule has 1 aromatic rings. The van der Waals surface area contributed by atoms with Crippen LogP contribution in [0.3, 0.4) is 0 Å². The van der Waals surface area contributed by atoms with Crippen molar-refractivity contribution in [2.24, 2.45) is 5.73 Å². The topological polar surface area (TPSA) is 55.6 Å². The highest BCUT2D eigenvalue weighted by atomic mass is 16.5.